The van der Waals surface area contributed by atoms with Gasteiger partial charge in [-0.15, -0.1) is 0 Å². The SMILES string of the molecule is Cc1n[nH]c(C)c1C(=O)N(C)CC(=O)NC1CC1. The van der Waals surface area contributed by atoms with Crippen LogP contribution in [0.1, 0.15) is 34.6 Å². The third-order valence-electron chi connectivity index (χ3n) is 3.01. The molecule has 0 unspecified atom stereocenters. The summed E-state index contributed by atoms with van der Waals surface area (Å²) in [4.78, 5) is 25.2. The lowest BCUT2D eigenvalue weighted by molar-refractivity contribution is -0.121. The van der Waals surface area contributed by atoms with Crippen LogP contribution in [0.15, 0.2) is 0 Å². The number of hydrogen-bond donors (Lipinski definition) is 2. The molecule has 1 aromatic rings. The summed E-state index contributed by atoms with van der Waals surface area (Å²) in [7, 11) is 1.63. The van der Waals surface area contributed by atoms with Crippen molar-refractivity contribution < 1.29 is 9.59 Å². The van der Waals surface area contributed by atoms with Crippen LogP contribution < -0.4 is 5.32 Å². The second kappa shape index (κ2) is 4.80. The first kappa shape index (κ1) is 12.6. The minimum absolute atomic E-state index is 0.0827. The van der Waals surface area contributed by atoms with Crippen LogP contribution >= 0.6 is 0 Å². The third-order valence-corrected chi connectivity index (χ3v) is 3.01. The summed E-state index contributed by atoms with van der Waals surface area (Å²) >= 11 is 0. The van der Waals surface area contributed by atoms with Crippen molar-refractivity contribution in [1.29, 1.82) is 0 Å². The molecule has 18 heavy (non-hydrogen) atoms. The molecule has 6 nitrogen and oxygen atoms in total. The van der Waals surface area contributed by atoms with E-state index in [2.05, 4.69) is 15.5 Å². The lowest BCUT2D eigenvalue weighted by atomic mass is 10.2. The third kappa shape index (κ3) is 2.69. The molecule has 1 heterocycles. The average molecular weight is 250 g/mol. The Labute approximate surface area is 106 Å². The maximum absolute atomic E-state index is 12.2. The molecule has 98 valence electrons. The van der Waals surface area contributed by atoms with E-state index in [0.29, 0.717) is 17.3 Å². The number of likely N-dealkylation sites (N-methyl/N-ethyl adjacent to an activating group) is 1. The summed E-state index contributed by atoms with van der Waals surface area (Å²) in [6, 6.07) is 0.318. The number of hydrogen-bond acceptors (Lipinski definition) is 3. The smallest absolute Gasteiger partial charge is 0.257 e. The van der Waals surface area contributed by atoms with E-state index in [-0.39, 0.29) is 18.4 Å². The summed E-state index contributed by atoms with van der Waals surface area (Å²) in [5, 5.41) is 9.61. The molecule has 0 aliphatic heterocycles. The minimum Gasteiger partial charge on any atom is -0.352 e. The summed E-state index contributed by atoms with van der Waals surface area (Å²) < 4.78 is 0. The normalized spacial score (nSPS) is 14.4. The highest BCUT2D eigenvalue weighted by Gasteiger charge is 2.25. The lowest BCUT2D eigenvalue weighted by Crippen LogP contribution is -2.39. The van der Waals surface area contributed by atoms with Gasteiger partial charge in [0.15, 0.2) is 0 Å². The van der Waals surface area contributed by atoms with E-state index in [0.717, 1.165) is 18.5 Å². The fourth-order valence-electron chi connectivity index (χ4n) is 1.85. The van der Waals surface area contributed by atoms with E-state index in [4.69, 9.17) is 0 Å². The summed E-state index contributed by atoms with van der Waals surface area (Å²) in [6.07, 6.45) is 2.09. The predicted molar refractivity (Wildman–Crippen MR) is 66.2 cm³/mol. The average Bonchev–Trinajstić information content (AvgIpc) is 3.03. The van der Waals surface area contributed by atoms with E-state index in [1.165, 1.54) is 4.90 Å². The highest BCUT2D eigenvalue weighted by molar-refractivity contribution is 5.98. The molecule has 6 heteroatoms. The van der Waals surface area contributed by atoms with E-state index in [9.17, 15) is 9.59 Å². The maximum atomic E-state index is 12.2. The molecule has 0 atom stereocenters. The number of rotatable bonds is 4. The molecule has 0 spiro atoms. The molecular formula is C12H18N4O2. The molecule has 0 saturated heterocycles. The van der Waals surface area contributed by atoms with Crippen LogP contribution in [0.5, 0.6) is 0 Å². The Morgan fingerprint density at radius 1 is 1.44 bits per heavy atom. The first-order valence-electron chi connectivity index (χ1n) is 6.05. The molecular weight excluding hydrogens is 232 g/mol. The van der Waals surface area contributed by atoms with Gasteiger partial charge in [-0.1, -0.05) is 0 Å². The summed E-state index contributed by atoms with van der Waals surface area (Å²) in [5.74, 6) is -0.281. The number of aromatic nitrogens is 2. The number of H-pyrrole nitrogens is 1. The molecule has 1 fully saturated rings. The van der Waals surface area contributed by atoms with Gasteiger partial charge >= 0.3 is 0 Å². The second-order valence-electron chi connectivity index (χ2n) is 4.81. The number of carbonyl (C=O) groups excluding carboxylic acids is 2. The molecule has 1 aliphatic rings. The molecule has 0 radical (unpaired) electrons. The summed E-state index contributed by atoms with van der Waals surface area (Å²) in [6.45, 7) is 3.65. The van der Waals surface area contributed by atoms with E-state index >= 15 is 0 Å². The number of aromatic amines is 1. The maximum Gasteiger partial charge on any atom is 0.257 e. The van der Waals surface area contributed by atoms with Crippen LogP contribution in [-0.4, -0.2) is 46.5 Å². The Kier molecular flexibility index (Phi) is 3.36. The number of carbonyl (C=O) groups is 2. The van der Waals surface area contributed by atoms with Crippen molar-refractivity contribution in [1.82, 2.24) is 20.4 Å². The largest absolute Gasteiger partial charge is 0.352 e. The zero-order valence-corrected chi connectivity index (χ0v) is 10.9. The number of nitrogens with zero attached hydrogens (tertiary/aromatic N) is 2. The fourth-order valence-corrected chi connectivity index (χ4v) is 1.85. The Morgan fingerprint density at radius 2 is 2.11 bits per heavy atom. The van der Waals surface area contributed by atoms with Gasteiger partial charge in [-0.05, 0) is 26.7 Å². The summed E-state index contributed by atoms with van der Waals surface area (Å²) in [5.41, 5.74) is 1.94. The lowest BCUT2D eigenvalue weighted by Gasteiger charge is -2.16. The van der Waals surface area contributed by atoms with E-state index in [1.807, 2.05) is 0 Å². The van der Waals surface area contributed by atoms with Crippen LogP contribution in [0, 0.1) is 13.8 Å². The molecule has 1 saturated carbocycles. The van der Waals surface area contributed by atoms with Gasteiger partial charge < -0.3 is 10.2 Å². The van der Waals surface area contributed by atoms with Crippen LogP contribution in [0.3, 0.4) is 0 Å². The number of nitrogens with one attached hydrogen (secondary N) is 2. The standard InChI is InChI=1S/C12H18N4O2/c1-7-11(8(2)15-14-7)12(18)16(3)6-10(17)13-9-4-5-9/h9H,4-6H2,1-3H3,(H,13,17)(H,14,15). The predicted octanol–water partition coefficient (Wildman–Crippen LogP) is 0.377. The van der Waals surface area contributed by atoms with Crippen molar-refractivity contribution in [3.05, 3.63) is 17.0 Å². The minimum atomic E-state index is -0.176. The monoisotopic (exact) mass is 250 g/mol. The first-order chi connectivity index (χ1) is 8.49. The van der Waals surface area contributed by atoms with Crippen molar-refractivity contribution >= 4 is 11.8 Å². The van der Waals surface area contributed by atoms with Gasteiger partial charge in [0.05, 0.1) is 17.8 Å². The Balaban J connectivity index is 1.97. The van der Waals surface area contributed by atoms with Gasteiger partial charge in [-0.3, -0.25) is 14.7 Å². The molecule has 0 aromatic carbocycles. The molecule has 1 aliphatic carbocycles. The van der Waals surface area contributed by atoms with Crippen molar-refractivity contribution in [2.75, 3.05) is 13.6 Å². The van der Waals surface area contributed by atoms with Gasteiger partial charge in [0, 0.05) is 18.8 Å². The zero-order chi connectivity index (χ0) is 13.3. The molecule has 2 N–H and O–H groups in total. The van der Waals surface area contributed by atoms with E-state index in [1.54, 1.807) is 20.9 Å². The van der Waals surface area contributed by atoms with Gasteiger partial charge in [-0.25, -0.2) is 0 Å². The van der Waals surface area contributed by atoms with Gasteiger partial charge in [0.2, 0.25) is 5.91 Å². The fraction of sp³-hybridized carbons (Fsp3) is 0.583. The van der Waals surface area contributed by atoms with Crippen LogP contribution in [-0.2, 0) is 4.79 Å². The molecule has 2 rings (SSSR count). The van der Waals surface area contributed by atoms with Crippen LogP contribution in [0.2, 0.25) is 0 Å². The van der Waals surface area contributed by atoms with Crippen LogP contribution in [0.25, 0.3) is 0 Å². The number of aryl methyl sites for hydroxylation is 2. The molecule has 0 bridgehead atoms. The highest BCUT2D eigenvalue weighted by Crippen LogP contribution is 2.18. The van der Waals surface area contributed by atoms with Gasteiger partial charge in [0.1, 0.15) is 0 Å². The molecule has 1 aromatic heterocycles. The Morgan fingerprint density at radius 3 is 2.61 bits per heavy atom. The van der Waals surface area contributed by atoms with Crippen LogP contribution in [0.4, 0.5) is 0 Å². The van der Waals surface area contributed by atoms with E-state index < -0.39 is 0 Å². The van der Waals surface area contributed by atoms with Gasteiger partial charge in [0.25, 0.3) is 5.91 Å². The van der Waals surface area contributed by atoms with Crippen molar-refractivity contribution in [3.63, 3.8) is 0 Å². The zero-order valence-electron chi connectivity index (χ0n) is 10.9. The quantitative estimate of drug-likeness (QED) is 0.810. The Hall–Kier alpha value is -1.85. The van der Waals surface area contributed by atoms with Crippen molar-refractivity contribution in [3.8, 4) is 0 Å². The molecule has 2 amide bonds. The highest BCUT2D eigenvalue weighted by atomic mass is 16.2. The van der Waals surface area contributed by atoms with Crippen molar-refractivity contribution in [2.45, 2.75) is 32.7 Å². The number of amides is 2. The topological polar surface area (TPSA) is 78.1 Å². The second-order valence-corrected chi connectivity index (χ2v) is 4.81. The Bertz CT molecular complexity index is 457. The van der Waals surface area contributed by atoms with Crippen molar-refractivity contribution in [2.24, 2.45) is 0 Å². The van der Waals surface area contributed by atoms with Gasteiger partial charge in [-0.2, -0.15) is 5.10 Å². The first-order valence-corrected chi connectivity index (χ1v) is 6.05.